The molecule has 0 aliphatic carbocycles. The first-order valence-corrected chi connectivity index (χ1v) is 11.5. The number of nitrogens with two attached hydrogens (primary N) is 1. The topological polar surface area (TPSA) is 140 Å². The van der Waals surface area contributed by atoms with Gasteiger partial charge in [-0.2, -0.15) is 0 Å². The van der Waals surface area contributed by atoms with Gasteiger partial charge in [-0.25, -0.2) is 13.4 Å². The molecule has 1 unspecified atom stereocenters. The number of rotatable bonds is 6. The van der Waals surface area contributed by atoms with Gasteiger partial charge < -0.3 is 15.8 Å². The van der Waals surface area contributed by atoms with Crippen molar-refractivity contribution in [1.29, 1.82) is 0 Å². The molecule has 0 saturated carbocycles. The Hall–Kier alpha value is -3.92. The Bertz CT molecular complexity index is 1320. The third-order valence-electron chi connectivity index (χ3n) is 4.84. The van der Waals surface area contributed by atoms with E-state index in [1.807, 2.05) is 6.07 Å². The van der Waals surface area contributed by atoms with Crippen molar-refractivity contribution in [2.24, 2.45) is 5.73 Å². The minimum atomic E-state index is -3.44. The van der Waals surface area contributed by atoms with Crippen molar-refractivity contribution in [3.8, 4) is 17.0 Å². The van der Waals surface area contributed by atoms with Crippen molar-refractivity contribution in [3.63, 3.8) is 0 Å². The molecule has 1 aliphatic rings. The minimum Gasteiger partial charge on any atom is -0.464 e. The van der Waals surface area contributed by atoms with E-state index < -0.39 is 27.9 Å². The second-order valence-corrected chi connectivity index (χ2v) is 9.09. The van der Waals surface area contributed by atoms with Gasteiger partial charge in [0, 0.05) is 29.4 Å². The zero-order chi connectivity index (χ0) is 22.9. The van der Waals surface area contributed by atoms with Crippen LogP contribution in [0.2, 0.25) is 0 Å². The molecule has 0 radical (unpaired) electrons. The average Bonchev–Trinajstić information content (AvgIpc) is 3.17. The normalized spacial score (nSPS) is 14.8. The van der Waals surface area contributed by atoms with Crippen LogP contribution in [0, 0.1) is 0 Å². The number of hydrogen-bond donors (Lipinski definition) is 3. The van der Waals surface area contributed by atoms with Gasteiger partial charge in [0.15, 0.2) is 6.10 Å². The van der Waals surface area contributed by atoms with E-state index in [1.165, 1.54) is 6.07 Å². The maximum Gasteiger partial charge on any atom is 0.265 e. The Kier molecular flexibility index (Phi) is 5.54. The molecule has 3 aromatic rings. The highest BCUT2D eigenvalue weighted by atomic mass is 32.2. The fourth-order valence-corrected chi connectivity index (χ4v) is 4.04. The number of benzene rings is 2. The fraction of sp³-hybridized carbons (Fsp3) is 0.136. The molecule has 1 aliphatic heterocycles. The first kappa shape index (κ1) is 21.3. The lowest BCUT2D eigenvalue weighted by molar-refractivity contribution is -0.122. The molecule has 9 nitrogen and oxygen atoms in total. The molecule has 10 heteroatoms. The van der Waals surface area contributed by atoms with Crippen molar-refractivity contribution in [3.05, 3.63) is 71.9 Å². The Morgan fingerprint density at radius 2 is 1.84 bits per heavy atom. The molecule has 32 heavy (non-hydrogen) atoms. The first-order chi connectivity index (χ1) is 15.2. The number of hydrogen-bond acceptors (Lipinski definition) is 6. The number of nitrogens with zero attached hydrogens (tertiary/aromatic N) is 1. The lowest BCUT2D eigenvalue weighted by Gasteiger charge is -2.12. The van der Waals surface area contributed by atoms with Crippen LogP contribution in [-0.4, -0.2) is 37.6 Å². The van der Waals surface area contributed by atoms with Gasteiger partial charge in [0.2, 0.25) is 21.8 Å². The fourth-order valence-electron chi connectivity index (χ4n) is 3.49. The van der Waals surface area contributed by atoms with Crippen LogP contribution in [0.1, 0.15) is 15.9 Å². The van der Waals surface area contributed by atoms with Gasteiger partial charge in [0.05, 0.1) is 11.9 Å². The summed E-state index contributed by atoms with van der Waals surface area (Å²) in [7, 11) is -3.44. The quantitative estimate of drug-likeness (QED) is 0.523. The number of fused-ring (bicyclic) bond motifs is 1. The largest absolute Gasteiger partial charge is 0.464 e. The van der Waals surface area contributed by atoms with Crippen LogP contribution in [-0.2, 0) is 21.2 Å². The number of aromatic nitrogens is 1. The van der Waals surface area contributed by atoms with E-state index >= 15 is 0 Å². The van der Waals surface area contributed by atoms with Crippen LogP contribution in [0.4, 0.5) is 11.4 Å². The van der Waals surface area contributed by atoms with Gasteiger partial charge in [-0.15, -0.1) is 0 Å². The Morgan fingerprint density at radius 3 is 2.59 bits per heavy atom. The van der Waals surface area contributed by atoms with Gasteiger partial charge in [0.25, 0.3) is 5.91 Å². The summed E-state index contributed by atoms with van der Waals surface area (Å²) < 4.78 is 31.0. The van der Waals surface area contributed by atoms with E-state index in [-0.39, 0.29) is 6.42 Å². The third kappa shape index (κ3) is 4.70. The smallest absolute Gasteiger partial charge is 0.265 e. The number of carbonyl (C=O) groups is 2. The molecule has 2 amide bonds. The van der Waals surface area contributed by atoms with Gasteiger partial charge in [-0.05, 0) is 47.5 Å². The highest BCUT2D eigenvalue weighted by Gasteiger charge is 2.32. The number of pyridine rings is 1. The van der Waals surface area contributed by atoms with E-state index in [0.29, 0.717) is 22.8 Å². The van der Waals surface area contributed by atoms with Gasteiger partial charge in [0.1, 0.15) is 0 Å². The van der Waals surface area contributed by atoms with Crippen LogP contribution < -0.4 is 20.5 Å². The van der Waals surface area contributed by atoms with Crippen molar-refractivity contribution >= 4 is 33.2 Å². The number of nitrogens with one attached hydrogen (secondary N) is 2. The van der Waals surface area contributed by atoms with Crippen molar-refractivity contribution in [1.82, 2.24) is 4.98 Å². The predicted octanol–water partition coefficient (Wildman–Crippen LogP) is 2.16. The molecular formula is C22H20N4O5S. The maximum absolute atomic E-state index is 12.8. The van der Waals surface area contributed by atoms with Crippen molar-refractivity contribution in [2.75, 3.05) is 16.3 Å². The van der Waals surface area contributed by atoms with E-state index in [4.69, 9.17) is 10.5 Å². The van der Waals surface area contributed by atoms with Crippen molar-refractivity contribution < 1.29 is 22.7 Å². The molecule has 164 valence electrons. The summed E-state index contributed by atoms with van der Waals surface area (Å²) in [5.41, 5.74) is 8.84. The van der Waals surface area contributed by atoms with E-state index in [0.717, 1.165) is 22.9 Å². The number of carbonyl (C=O) groups excluding carboxylic acids is 2. The number of primary amides is 1. The van der Waals surface area contributed by atoms with Crippen molar-refractivity contribution in [2.45, 2.75) is 12.5 Å². The molecule has 0 spiro atoms. The van der Waals surface area contributed by atoms with Gasteiger partial charge >= 0.3 is 0 Å². The molecule has 1 atom stereocenters. The standard InChI is InChI=1S/C22H20N4O5S/c1-32(29,30)26-16-7-3-6-15(11-16)25-21(28)19-12-18-17(8-9-24-22(18)31-19)13-4-2-5-14(10-13)20(23)27/h2-11,19,26H,12H2,1H3,(H2,23,27)(H,25,28). The third-order valence-corrected chi connectivity index (χ3v) is 5.45. The zero-order valence-corrected chi connectivity index (χ0v) is 17.8. The highest BCUT2D eigenvalue weighted by molar-refractivity contribution is 7.92. The van der Waals surface area contributed by atoms with E-state index in [9.17, 15) is 18.0 Å². The van der Waals surface area contributed by atoms with E-state index in [2.05, 4.69) is 15.0 Å². The first-order valence-electron chi connectivity index (χ1n) is 9.63. The minimum absolute atomic E-state index is 0.284. The Morgan fingerprint density at radius 1 is 1.09 bits per heavy atom. The number of ether oxygens (including phenoxy) is 1. The summed E-state index contributed by atoms with van der Waals surface area (Å²) in [6.07, 6.45) is 2.09. The van der Waals surface area contributed by atoms with Gasteiger partial charge in [-0.1, -0.05) is 18.2 Å². The zero-order valence-electron chi connectivity index (χ0n) is 17.0. The molecule has 0 fully saturated rings. The molecule has 2 aromatic carbocycles. The summed E-state index contributed by atoms with van der Waals surface area (Å²) in [6.45, 7) is 0. The molecule has 0 bridgehead atoms. The predicted molar refractivity (Wildman–Crippen MR) is 120 cm³/mol. The lowest BCUT2D eigenvalue weighted by Crippen LogP contribution is -2.31. The Labute approximate surface area is 184 Å². The summed E-state index contributed by atoms with van der Waals surface area (Å²) in [5, 5.41) is 2.74. The maximum atomic E-state index is 12.8. The van der Waals surface area contributed by atoms with Crippen LogP contribution in [0.25, 0.3) is 11.1 Å². The average molecular weight is 452 g/mol. The van der Waals surface area contributed by atoms with Gasteiger partial charge in [-0.3, -0.25) is 14.3 Å². The Balaban J connectivity index is 1.53. The summed E-state index contributed by atoms with van der Waals surface area (Å²) in [4.78, 5) is 28.6. The lowest BCUT2D eigenvalue weighted by atomic mass is 9.97. The molecular weight excluding hydrogens is 432 g/mol. The van der Waals surface area contributed by atoms with Crippen LogP contribution in [0.3, 0.4) is 0 Å². The number of amides is 2. The SMILES string of the molecule is CS(=O)(=O)Nc1cccc(NC(=O)C2Cc3c(-c4cccc(C(N)=O)c4)ccnc3O2)c1. The van der Waals surface area contributed by atoms with Crippen LogP contribution in [0.15, 0.2) is 60.8 Å². The molecule has 1 aromatic heterocycles. The summed E-state index contributed by atoms with van der Waals surface area (Å²) in [6, 6.07) is 15.1. The summed E-state index contributed by atoms with van der Waals surface area (Å²) >= 11 is 0. The second kappa shape index (κ2) is 8.31. The molecule has 0 saturated heterocycles. The molecule has 4 N–H and O–H groups in total. The van der Waals surface area contributed by atoms with Crippen LogP contribution in [0.5, 0.6) is 5.88 Å². The number of sulfonamides is 1. The second-order valence-electron chi connectivity index (χ2n) is 7.34. The number of anilines is 2. The monoisotopic (exact) mass is 452 g/mol. The highest BCUT2D eigenvalue weighted by Crippen LogP contribution is 2.35. The molecule has 4 rings (SSSR count). The summed E-state index contributed by atoms with van der Waals surface area (Å²) in [5.74, 6) is -0.574. The van der Waals surface area contributed by atoms with Crippen LogP contribution >= 0.6 is 0 Å². The molecule has 2 heterocycles. The van der Waals surface area contributed by atoms with E-state index in [1.54, 1.807) is 48.7 Å².